The number of nitrogens with one attached hydrogen (secondary N) is 1. The fourth-order valence-corrected chi connectivity index (χ4v) is 1.28. The number of rotatable bonds is 2. The third kappa shape index (κ3) is 2.08. The van der Waals surface area contributed by atoms with Gasteiger partial charge in [0.2, 0.25) is 0 Å². The minimum Gasteiger partial charge on any atom is -0.387 e. The van der Waals surface area contributed by atoms with Crippen molar-refractivity contribution in [1.29, 1.82) is 0 Å². The van der Waals surface area contributed by atoms with Gasteiger partial charge in [-0.15, -0.1) is 0 Å². The van der Waals surface area contributed by atoms with Gasteiger partial charge >= 0.3 is 0 Å². The molecular formula is C9H17N3O. The zero-order valence-electron chi connectivity index (χ0n) is 8.33. The van der Waals surface area contributed by atoms with Crippen molar-refractivity contribution in [3.8, 4) is 0 Å². The van der Waals surface area contributed by atoms with Crippen molar-refractivity contribution in [2.75, 3.05) is 6.54 Å². The van der Waals surface area contributed by atoms with Crippen LogP contribution in [0.3, 0.4) is 0 Å². The maximum absolute atomic E-state index is 9.58. The Morgan fingerprint density at radius 1 is 1.62 bits per heavy atom. The van der Waals surface area contributed by atoms with Gasteiger partial charge < -0.3 is 10.8 Å². The second kappa shape index (κ2) is 3.47. The summed E-state index contributed by atoms with van der Waals surface area (Å²) in [5.41, 5.74) is 7.09. The molecule has 0 amide bonds. The molecule has 0 aliphatic heterocycles. The molecule has 0 aromatic carbocycles. The zero-order chi connectivity index (χ0) is 10.1. The highest BCUT2D eigenvalue weighted by Gasteiger charge is 2.23. The summed E-state index contributed by atoms with van der Waals surface area (Å²) in [7, 11) is 0. The molecule has 4 heteroatoms. The van der Waals surface area contributed by atoms with Crippen molar-refractivity contribution in [1.82, 2.24) is 10.2 Å². The minimum atomic E-state index is -0.618. The maximum Gasteiger partial charge on any atom is 0.0945 e. The molecule has 0 spiro atoms. The minimum absolute atomic E-state index is 0.0397. The monoisotopic (exact) mass is 183 g/mol. The van der Waals surface area contributed by atoms with Crippen LogP contribution in [-0.4, -0.2) is 21.8 Å². The fourth-order valence-electron chi connectivity index (χ4n) is 1.28. The van der Waals surface area contributed by atoms with Gasteiger partial charge in [-0.1, -0.05) is 20.8 Å². The van der Waals surface area contributed by atoms with Crippen LogP contribution in [0.4, 0.5) is 0 Å². The first-order chi connectivity index (χ1) is 5.96. The maximum atomic E-state index is 9.58. The molecule has 1 aromatic rings. The normalized spacial score (nSPS) is 14.5. The van der Waals surface area contributed by atoms with Crippen LogP contribution in [-0.2, 0) is 5.41 Å². The Hall–Kier alpha value is -0.870. The second-order valence-corrected chi connectivity index (χ2v) is 4.20. The molecule has 1 heterocycles. The zero-order valence-corrected chi connectivity index (χ0v) is 8.33. The molecule has 4 nitrogen and oxygen atoms in total. The second-order valence-electron chi connectivity index (χ2n) is 4.20. The smallest absolute Gasteiger partial charge is 0.0945 e. The van der Waals surface area contributed by atoms with Gasteiger partial charge in [0.1, 0.15) is 0 Å². The van der Waals surface area contributed by atoms with Gasteiger partial charge in [0.25, 0.3) is 0 Å². The van der Waals surface area contributed by atoms with Gasteiger partial charge in [0.15, 0.2) is 0 Å². The van der Waals surface area contributed by atoms with Crippen molar-refractivity contribution < 1.29 is 5.11 Å². The van der Waals surface area contributed by atoms with E-state index in [2.05, 4.69) is 31.0 Å². The largest absolute Gasteiger partial charge is 0.387 e. The SMILES string of the molecule is CC(C)(C)c1[nH]ncc1C(O)CN. The third-order valence-corrected chi connectivity index (χ3v) is 2.00. The molecule has 0 fully saturated rings. The van der Waals surface area contributed by atoms with Crippen LogP contribution in [0.5, 0.6) is 0 Å². The third-order valence-electron chi connectivity index (χ3n) is 2.00. The summed E-state index contributed by atoms with van der Waals surface area (Å²) in [5, 5.41) is 16.4. The predicted octanol–water partition coefficient (Wildman–Crippen LogP) is 0.699. The Bertz CT molecular complexity index is 275. The van der Waals surface area contributed by atoms with Crippen LogP contribution in [0, 0.1) is 0 Å². The van der Waals surface area contributed by atoms with Crippen LogP contribution in [0.1, 0.15) is 38.1 Å². The highest BCUT2D eigenvalue weighted by Crippen LogP contribution is 2.26. The van der Waals surface area contributed by atoms with Gasteiger partial charge in [0.05, 0.1) is 12.3 Å². The van der Waals surface area contributed by atoms with Crippen LogP contribution >= 0.6 is 0 Å². The van der Waals surface area contributed by atoms with Crippen LogP contribution < -0.4 is 5.73 Å². The molecule has 1 unspecified atom stereocenters. The molecular weight excluding hydrogens is 166 g/mol. The number of aromatic amines is 1. The average Bonchev–Trinajstić information content (AvgIpc) is 2.49. The Morgan fingerprint density at radius 2 is 2.23 bits per heavy atom. The predicted molar refractivity (Wildman–Crippen MR) is 51.3 cm³/mol. The highest BCUT2D eigenvalue weighted by atomic mass is 16.3. The lowest BCUT2D eigenvalue weighted by atomic mass is 9.88. The summed E-state index contributed by atoms with van der Waals surface area (Å²) < 4.78 is 0. The van der Waals surface area contributed by atoms with Crippen molar-refractivity contribution in [3.63, 3.8) is 0 Å². The molecule has 0 saturated heterocycles. The quantitative estimate of drug-likeness (QED) is 0.631. The average molecular weight is 183 g/mol. The summed E-state index contributed by atoms with van der Waals surface area (Å²) in [6, 6.07) is 0. The Kier molecular flexibility index (Phi) is 2.73. The number of H-pyrrole nitrogens is 1. The van der Waals surface area contributed by atoms with Crippen LogP contribution in [0.2, 0.25) is 0 Å². The first-order valence-corrected chi connectivity index (χ1v) is 4.38. The lowest BCUT2D eigenvalue weighted by Crippen LogP contribution is -2.19. The molecule has 13 heavy (non-hydrogen) atoms. The number of nitrogens with zero attached hydrogens (tertiary/aromatic N) is 1. The molecule has 0 bridgehead atoms. The topological polar surface area (TPSA) is 74.9 Å². The van der Waals surface area contributed by atoms with E-state index in [1.807, 2.05) is 0 Å². The number of aliphatic hydroxyl groups excluding tert-OH is 1. The summed E-state index contributed by atoms with van der Waals surface area (Å²) in [4.78, 5) is 0. The van der Waals surface area contributed by atoms with E-state index < -0.39 is 6.10 Å². The first-order valence-electron chi connectivity index (χ1n) is 4.38. The van der Waals surface area contributed by atoms with E-state index in [9.17, 15) is 5.11 Å². The summed E-state index contributed by atoms with van der Waals surface area (Å²) >= 11 is 0. The van der Waals surface area contributed by atoms with E-state index in [1.165, 1.54) is 0 Å². The van der Waals surface area contributed by atoms with E-state index in [0.29, 0.717) is 0 Å². The lowest BCUT2D eigenvalue weighted by Gasteiger charge is -2.20. The molecule has 1 atom stereocenters. The van der Waals surface area contributed by atoms with Crippen LogP contribution in [0.25, 0.3) is 0 Å². The van der Waals surface area contributed by atoms with E-state index in [1.54, 1.807) is 6.20 Å². The van der Waals surface area contributed by atoms with E-state index in [-0.39, 0.29) is 12.0 Å². The van der Waals surface area contributed by atoms with Gasteiger partial charge in [-0.05, 0) is 0 Å². The summed E-state index contributed by atoms with van der Waals surface area (Å²) in [5.74, 6) is 0. The Morgan fingerprint density at radius 3 is 2.69 bits per heavy atom. The van der Waals surface area contributed by atoms with Gasteiger partial charge in [-0.2, -0.15) is 5.10 Å². The molecule has 0 radical (unpaired) electrons. The number of hydrogen-bond acceptors (Lipinski definition) is 3. The van der Waals surface area contributed by atoms with Crippen molar-refractivity contribution in [2.45, 2.75) is 32.3 Å². The number of aliphatic hydroxyl groups is 1. The van der Waals surface area contributed by atoms with E-state index in [0.717, 1.165) is 11.3 Å². The Labute approximate surface area is 78.2 Å². The standard InChI is InChI=1S/C9H17N3O/c1-9(2,3)8-6(5-11-12-8)7(13)4-10/h5,7,13H,4,10H2,1-3H3,(H,11,12). The molecule has 1 aromatic heterocycles. The summed E-state index contributed by atoms with van der Waals surface area (Å²) in [6.45, 7) is 6.41. The number of nitrogens with two attached hydrogens (primary N) is 1. The lowest BCUT2D eigenvalue weighted by molar-refractivity contribution is 0.184. The number of aromatic nitrogens is 2. The van der Waals surface area contributed by atoms with E-state index >= 15 is 0 Å². The van der Waals surface area contributed by atoms with Gasteiger partial charge in [-0.25, -0.2) is 0 Å². The number of hydrogen-bond donors (Lipinski definition) is 3. The van der Waals surface area contributed by atoms with Crippen molar-refractivity contribution in [2.24, 2.45) is 5.73 Å². The van der Waals surface area contributed by atoms with Gasteiger partial charge in [0, 0.05) is 23.2 Å². The fraction of sp³-hybridized carbons (Fsp3) is 0.667. The molecule has 0 aliphatic rings. The molecule has 4 N–H and O–H groups in total. The van der Waals surface area contributed by atoms with Crippen LogP contribution in [0.15, 0.2) is 6.20 Å². The molecule has 74 valence electrons. The summed E-state index contributed by atoms with van der Waals surface area (Å²) in [6.07, 6.45) is 1.02. The molecule has 0 saturated carbocycles. The van der Waals surface area contributed by atoms with Crippen molar-refractivity contribution >= 4 is 0 Å². The van der Waals surface area contributed by atoms with Crippen molar-refractivity contribution in [3.05, 3.63) is 17.5 Å². The van der Waals surface area contributed by atoms with Gasteiger partial charge in [-0.3, -0.25) is 5.10 Å². The first kappa shape index (κ1) is 10.2. The highest BCUT2D eigenvalue weighted by molar-refractivity contribution is 5.25. The molecule has 1 rings (SSSR count). The van der Waals surface area contributed by atoms with E-state index in [4.69, 9.17) is 5.73 Å². The Balaban J connectivity index is 3.03. The molecule has 0 aliphatic carbocycles.